The zero-order chi connectivity index (χ0) is 60.5. The van der Waals surface area contributed by atoms with E-state index in [4.69, 9.17) is 5.73 Å². The average Bonchev–Trinajstić information content (AvgIpc) is 3.99. The summed E-state index contributed by atoms with van der Waals surface area (Å²) in [7, 11) is 0. The number of aliphatic hydroxyl groups is 1. The zero-order valence-electron chi connectivity index (χ0n) is 47.1. The monoisotopic (exact) mass is 1140 g/mol. The molecule has 444 valence electrons. The van der Waals surface area contributed by atoms with E-state index >= 15 is 0 Å². The van der Waals surface area contributed by atoms with E-state index < -0.39 is 145 Å². The van der Waals surface area contributed by atoms with Crippen molar-refractivity contribution in [3.63, 3.8) is 0 Å². The van der Waals surface area contributed by atoms with Gasteiger partial charge in [0, 0.05) is 44.0 Å². The highest BCUT2D eigenvalue weighted by atomic mass is 16.4. The third-order valence-corrected chi connectivity index (χ3v) is 14.0. The van der Waals surface area contributed by atoms with Gasteiger partial charge in [-0.3, -0.25) is 43.2 Å². The standard InChI is InChI=1S/C58H79N11O13/c1-7-34(5)47(59)55(78)64-42(27-37-20-14-10-15-21-37)53(76)69-49(35(6)8-2)57(80)62-40(24-25-46(71)72)50(73)68-48(33(3)4)56(79)65-41(26-36-18-12-9-13-19-36)51(74)67-45(31-70)54(77)63-43(29-39-30-60-32-61-39)52(75)66-44(58(81)82)28-38-22-16-11-17-23-38/h9-23,30,32-35,40-45,47-49,70H,7-8,24-29,31,59H2,1-6H3,(H,60,61)(H,62,80)(H,63,77)(H,64,78)(H,65,79)(H,66,75)(H,67,74)(H,68,73)(H,69,76)(H,71,72)(H,81,82)/t34-,35-,40-,41-,42-,43-,44-,45-,47-,48-,49-/m0/s1. The summed E-state index contributed by atoms with van der Waals surface area (Å²) < 4.78 is 0. The average molecular weight is 1140 g/mol. The number of carboxylic acid groups (broad SMARTS) is 2. The van der Waals surface area contributed by atoms with Crippen molar-refractivity contribution in [2.24, 2.45) is 23.5 Å². The minimum absolute atomic E-state index is 0.0376. The molecule has 0 aliphatic rings. The Hall–Kier alpha value is -8.51. The molecule has 8 amide bonds. The molecule has 0 radical (unpaired) electrons. The summed E-state index contributed by atoms with van der Waals surface area (Å²) >= 11 is 0. The van der Waals surface area contributed by atoms with Gasteiger partial charge in [0.15, 0.2) is 0 Å². The highest BCUT2D eigenvalue weighted by Crippen LogP contribution is 2.15. The number of nitrogens with one attached hydrogen (secondary N) is 9. The maximum absolute atomic E-state index is 14.4. The van der Waals surface area contributed by atoms with Crippen LogP contribution in [0.3, 0.4) is 0 Å². The number of aliphatic hydroxyl groups excluding tert-OH is 1. The molecule has 1 heterocycles. The normalized spacial score (nSPS) is 15.2. The Morgan fingerprint density at radius 1 is 0.488 bits per heavy atom. The number of H-pyrrole nitrogens is 1. The van der Waals surface area contributed by atoms with E-state index in [9.17, 15) is 63.3 Å². The molecule has 0 saturated heterocycles. The summed E-state index contributed by atoms with van der Waals surface area (Å²) in [6.45, 7) is 9.29. The second kappa shape index (κ2) is 33.3. The third-order valence-electron chi connectivity index (χ3n) is 14.0. The lowest BCUT2D eigenvalue weighted by Crippen LogP contribution is -2.62. The molecule has 0 aliphatic carbocycles. The van der Waals surface area contributed by atoms with E-state index in [1.54, 1.807) is 126 Å². The molecule has 4 rings (SSSR count). The molecule has 4 aromatic rings. The van der Waals surface area contributed by atoms with E-state index in [2.05, 4.69) is 52.5 Å². The van der Waals surface area contributed by atoms with Crippen molar-refractivity contribution in [1.29, 1.82) is 0 Å². The van der Waals surface area contributed by atoms with Crippen molar-refractivity contribution < 1.29 is 63.3 Å². The molecule has 11 atom stereocenters. The Kier molecular flexibility index (Phi) is 26.8. The van der Waals surface area contributed by atoms with Gasteiger partial charge in [-0.25, -0.2) is 9.78 Å². The number of aliphatic carboxylic acids is 2. The Morgan fingerprint density at radius 3 is 1.33 bits per heavy atom. The SMILES string of the molecule is CC[C@H](C)[C@H](N)C(=O)N[C@@H](Cc1ccccc1)C(=O)N[C@H](C(=O)N[C@@H](CCC(=O)O)C(=O)N[C@H](C(=O)N[C@@H](Cc1ccccc1)C(=O)N[C@@H](CO)C(=O)N[C@@H](Cc1cnc[nH]1)C(=O)N[C@@H](Cc1ccccc1)C(=O)O)C(C)C)[C@@H](C)CC. The Balaban J connectivity index is 1.56. The maximum atomic E-state index is 14.4. The summed E-state index contributed by atoms with van der Waals surface area (Å²) in [5, 5.41) is 50.9. The minimum Gasteiger partial charge on any atom is -0.481 e. The quantitative estimate of drug-likeness (QED) is 0.0304. The first-order chi connectivity index (χ1) is 39.0. The Bertz CT molecular complexity index is 2740. The van der Waals surface area contributed by atoms with Gasteiger partial charge in [0.1, 0.15) is 48.3 Å². The number of hydrogen-bond acceptors (Lipinski definition) is 13. The number of carboxylic acids is 2. The smallest absolute Gasteiger partial charge is 0.326 e. The van der Waals surface area contributed by atoms with Gasteiger partial charge in [0.05, 0.1) is 19.0 Å². The number of benzene rings is 3. The molecule has 0 saturated carbocycles. The molecule has 0 bridgehead atoms. The molecule has 24 heteroatoms. The highest BCUT2D eigenvalue weighted by molar-refractivity contribution is 5.98. The molecule has 0 spiro atoms. The van der Waals surface area contributed by atoms with Crippen LogP contribution in [0.1, 0.15) is 89.6 Å². The first-order valence-corrected chi connectivity index (χ1v) is 27.4. The largest absolute Gasteiger partial charge is 0.481 e. The van der Waals surface area contributed by atoms with Gasteiger partial charge in [-0.15, -0.1) is 0 Å². The lowest BCUT2D eigenvalue weighted by atomic mass is 9.95. The van der Waals surface area contributed by atoms with Gasteiger partial charge in [0.2, 0.25) is 47.3 Å². The van der Waals surface area contributed by atoms with Crippen LogP contribution in [0.4, 0.5) is 0 Å². The number of rotatable bonds is 34. The van der Waals surface area contributed by atoms with Crippen molar-refractivity contribution in [2.75, 3.05) is 6.61 Å². The lowest BCUT2D eigenvalue weighted by molar-refractivity contribution is -0.142. The van der Waals surface area contributed by atoms with Crippen molar-refractivity contribution in [2.45, 2.75) is 147 Å². The van der Waals surface area contributed by atoms with Crippen LogP contribution in [0, 0.1) is 17.8 Å². The summed E-state index contributed by atoms with van der Waals surface area (Å²) in [5.41, 5.74) is 8.46. The van der Waals surface area contributed by atoms with Crippen LogP contribution in [0.2, 0.25) is 0 Å². The van der Waals surface area contributed by atoms with E-state index in [1.165, 1.54) is 12.5 Å². The van der Waals surface area contributed by atoms with Crippen LogP contribution >= 0.6 is 0 Å². The number of carbonyl (C=O) groups excluding carboxylic acids is 8. The summed E-state index contributed by atoms with van der Waals surface area (Å²) in [6, 6.07) is 13.3. The summed E-state index contributed by atoms with van der Waals surface area (Å²) in [5.74, 6) is -11.1. The molecule has 24 nitrogen and oxygen atoms in total. The number of nitrogens with zero attached hydrogens (tertiary/aromatic N) is 1. The number of carbonyl (C=O) groups is 10. The van der Waals surface area contributed by atoms with E-state index in [-0.39, 0.29) is 31.6 Å². The predicted octanol–water partition coefficient (Wildman–Crippen LogP) is 0.576. The number of hydrogen-bond donors (Lipinski definition) is 13. The van der Waals surface area contributed by atoms with Crippen molar-refractivity contribution in [3.05, 3.63) is 126 Å². The fourth-order valence-electron chi connectivity index (χ4n) is 8.59. The number of amides is 8. The van der Waals surface area contributed by atoms with E-state index in [0.717, 1.165) is 0 Å². The van der Waals surface area contributed by atoms with Crippen LogP contribution in [-0.4, -0.2) is 145 Å². The minimum atomic E-state index is -1.73. The zero-order valence-corrected chi connectivity index (χ0v) is 47.1. The van der Waals surface area contributed by atoms with Gasteiger partial charge in [-0.1, -0.05) is 145 Å². The molecule has 3 aromatic carbocycles. The molecule has 82 heavy (non-hydrogen) atoms. The first kappa shape index (κ1) is 66.0. The Labute approximate surface area is 476 Å². The molecule has 0 fully saturated rings. The van der Waals surface area contributed by atoms with E-state index in [1.807, 2.05) is 6.92 Å². The van der Waals surface area contributed by atoms with Crippen molar-refractivity contribution in [3.8, 4) is 0 Å². The second-order valence-electron chi connectivity index (χ2n) is 20.7. The number of aromatic nitrogens is 2. The van der Waals surface area contributed by atoms with Gasteiger partial charge < -0.3 is 68.6 Å². The molecular formula is C58H79N11O13. The van der Waals surface area contributed by atoms with E-state index in [0.29, 0.717) is 35.2 Å². The lowest BCUT2D eigenvalue weighted by Gasteiger charge is -2.30. The van der Waals surface area contributed by atoms with Crippen molar-refractivity contribution >= 4 is 59.2 Å². The van der Waals surface area contributed by atoms with Crippen LogP contribution in [0.25, 0.3) is 0 Å². The van der Waals surface area contributed by atoms with Crippen LogP contribution in [-0.2, 0) is 73.6 Å². The van der Waals surface area contributed by atoms with Crippen LogP contribution < -0.4 is 48.3 Å². The molecule has 1 aromatic heterocycles. The fourth-order valence-corrected chi connectivity index (χ4v) is 8.59. The summed E-state index contributed by atoms with van der Waals surface area (Å²) in [6.07, 6.45) is 2.16. The molecule has 0 unspecified atom stereocenters. The first-order valence-electron chi connectivity index (χ1n) is 27.4. The third kappa shape index (κ3) is 21.2. The molecule has 0 aliphatic heterocycles. The predicted molar refractivity (Wildman–Crippen MR) is 301 cm³/mol. The number of nitrogens with two attached hydrogens (primary N) is 1. The van der Waals surface area contributed by atoms with Gasteiger partial charge in [-0.05, 0) is 40.9 Å². The van der Waals surface area contributed by atoms with Crippen LogP contribution in [0.5, 0.6) is 0 Å². The van der Waals surface area contributed by atoms with Gasteiger partial charge in [-0.2, -0.15) is 0 Å². The van der Waals surface area contributed by atoms with Gasteiger partial charge >= 0.3 is 11.9 Å². The molecule has 14 N–H and O–H groups in total. The Morgan fingerprint density at radius 2 is 0.878 bits per heavy atom. The number of aromatic amines is 1. The summed E-state index contributed by atoms with van der Waals surface area (Å²) in [4.78, 5) is 143. The molecular weight excluding hydrogens is 1060 g/mol. The fraction of sp³-hybridized carbons (Fsp3) is 0.466. The van der Waals surface area contributed by atoms with Gasteiger partial charge in [0.25, 0.3) is 0 Å². The van der Waals surface area contributed by atoms with Crippen molar-refractivity contribution in [1.82, 2.24) is 52.5 Å². The highest BCUT2D eigenvalue weighted by Gasteiger charge is 2.37. The number of imidazole rings is 1. The van der Waals surface area contributed by atoms with Crippen LogP contribution in [0.15, 0.2) is 104 Å². The maximum Gasteiger partial charge on any atom is 0.326 e. The second-order valence-corrected chi connectivity index (χ2v) is 20.7. The topological polar surface area (TPSA) is 382 Å².